The van der Waals surface area contributed by atoms with E-state index < -0.39 is 28.5 Å². The molecular formula is C24H27N3O5S. The summed E-state index contributed by atoms with van der Waals surface area (Å²) in [6.07, 6.45) is 0. The standard InChI is InChI=1S/C24H27N3O5S/c1-17-9-10-18(2)27(17)21-13-11-19(12-14-21)24(29)32-16-23(28)25-15-20-7-5-6-8-22(20)33(30,31)26(3)4/h5-14H,15-16H2,1-4H3,(H,25,28). The van der Waals surface area contributed by atoms with E-state index in [1.807, 2.05) is 38.1 Å². The molecule has 0 saturated carbocycles. The quantitative estimate of drug-likeness (QED) is 0.512. The maximum absolute atomic E-state index is 12.4. The van der Waals surface area contributed by atoms with Crippen molar-refractivity contribution in [2.45, 2.75) is 25.3 Å². The van der Waals surface area contributed by atoms with Crippen molar-refractivity contribution in [2.24, 2.45) is 0 Å². The van der Waals surface area contributed by atoms with Crippen LogP contribution in [0.5, 0.6) is 0 Å². The maximum atomic E-state index is 12.4. The highest BCUT2D eigenvalue weighted by atomic mass is 32.2. The lowest BCUT2D eigenvalue weighted by Gasteiger charge is -2.15. The molecule has 33 heavy (non-hydrogen) atoms. The number of hydrogen-bond acceptors (Lipinski definition) is 5. The number of aryl methyl sites for hydroxylation is 2. The zero-order valence-corrected chi connectivity index (χ0v) is 19.8. The van der Waals surface area contributed by atoms with Gasteiger partial charge in [0.2, 0.25) is 10.0 Å². The molecule has 0 aliphatic heterocycles. The first kappa shape index (κ1) is 24.2. The van der Waals surface area contributed by atoms with Gasteiger partial charge in [0.1, 0.15) is 0 Å². The van der Waals surface area contributed by atoms with E-state index in [-0.39, 0.29) is 11.4 Å². The number of nitrogens with zero attached hydrogens (tertiary/aromatic N) is 2. The lowest BCUT2D eigenvalue weighted by molar-refractivity contribution is -0.124. The van der Waals surface area contributed by atoms with Gasteiger partial charge in [0.05, 0.1) is 10.5 Å². The summed E-state index contributed by atoms with van der Waals surface area (Å²) in [6.45, 7) is 3.52. The Hall–Kier alpha value is -3.43. The first-order valence-corrected chi connectivity index (χ1v) is 11.7. The highest BCUT2D eigenvalue weighted by molar-refractivity contribution is 7.89. The summed E-state index contributed by atoms with van der Waals surface area (Å²) < 4.78 is 33.2. The Morgan fingerprint density at radius 2 is 1.55 bits per heavy atom. The second-order valence-corrected chi connectivity index (χ2v) is 9.87. The number of esters is 1. The second kappa shape index (κ2) is 10.0. The molecule has 3 aromatic rings. The monoisotopic (exact) mass is 469 g/mol. The molecule has 1 heterocycles. The van der Waals surface area contributed by atoms with Crippen molar-refractivity contribution in [1.29, 1.82) is 0 Å². The van der Waals surface area contributed by atoms with Gasteiger partial charge in [0.25, 0.3) is 5.91 Å². The summed E-state index contributed by atoms with van der Waals surface area (Å²) in [5.74, 6) is -1.15. The van der Waals surface area contributed by atoms with Gasteiger partial charge in [-0.1, -0.05) is 18.2 Å². The van der Waals surface area contributed by atoms with Gasteiger partial charge in [0, 0.05) is 37.7 Å². The summed E-state index contributed by atoms with van der Waals surface area (Å²) in [5, 5.41) is 2.59. The number of hydrogen-bond donors (Lipinski definition) is 1. The number of rotatable bonds is 8. The van der Waals surface area contributed by atoms with E-state index >= 15 is 0 Å². The van der Waals surface area contributed by atoms with Crippen molar-refractivity contribution in [3.63, 3.8) is 0 Å². The molecule has 0 fully saturated rings. The number of nitrogens with one attached hydrogen (secondary N) is 1. The largest absolute Gasteiger partial charge is 0.452 e. The summed E-state index contributed by atoms with van der Waals surface area (Å²) in [5.41, 5.74) is 3.86. The van der Waals surface area contributed by atoms with Crippen molar-refractivity contribution >= 4 is 21.9 Å². The van der Waals surface area contributed by atoms with Gasteiger partial charge in [0.15, 0.2) is 6.61 Å². The number of amides is 1. The van der Waals surface area contributed by atoms with E-state index in [0.29, 0.717) is 11.1 Å². The third-order valence-corrected chi connectivity index (χ3v) is 7.09. The summed E-state index contributed by atoms with van der Waals surface area (Å²) in [4.78, 5) is 24.6. The van der Waals surface area contributed by atoms with Crippen LogP contribution in [0.15, 0.2) is 65.6 Å². The van der Waals surface area contributed by atoms with Crippen LogP contribution in [0.2, 0.25) is 0 Å². The third-order valence-electron chi connectivity index (χ3n) is 5.17. The van der Waals surface area contributed by atoms with E-state index in [2.05, 4.69) is 9.88 Å². The number of carbonyl (C=O) groups is 2. The van der Waals surface area contributed by atoms with Crippen molar-refractivity contribution in [3.05, 3.63) is 83.2 Å². The lowest BCUT2D eigenvalue weighted by Crippen LogP contribution is -2.30. The van der Waals surface area contributed by atoms with Crippen LogP contribution in [0.4, 0.5) is 0 Å². The van der Waals surface area contributed by atoms with Gasteiger partial charge in [-0.15, -0.1) is 0 Å². The van der Waals surface area contributed by atoms with Crippen LogP contribution < -0.4 is 5.32 Å². The van der Waals surface area contributed by atoms with Crippen LogP contribution in [0.25, 0.3) is 5.69 Å². The smallest absolute Gasteiger partial charge is 0.338 e. The minimum atomic E-state index is -3.65. The SMILES string of the molecule is Cc1ccc(C)n1-c1ccc(C(=O)OCC(=O)NCc2ccccc2S(=O)(=O)N(C)C)cc1. The van der Waals surface area contributed by atoms with E-state index in [1.54, 1.807) is 30.3 Å². The van der Waals surface area contributed by atoms with E-state index in [4.69, 9.17) is 4.74 Å². The molecule has 0 radical (unpaired) electrons. The molecule has 0 spiro atoms. The second-order valence-electron chi connectivity index (χ2n) is 7.75. The van der Waals surface area contributed by atoms with Crippen LogP contribution in [-0.4, -0.2) is 49.9 Å². The number of benzene rings is 2. The average molecular weight is 470 g/mol. The van der Waals surface area contributed by atoms with Gasteiger partial charge < -0.3 is 14.6 Å². The highest BCUT2D eigenvalue weighted by Crippen LogP contribution is 2.19. The Kier molecular flexibility index (Phi) is 7.35. The molecule has 8 nitrogen and oxygen atoms in total. The predicted molar refractivity (Wildman–Crippen MR) is 125 cm³/mol. The van der Waals surface area contributed by atoms with Crippen LogP contribution in [0.3, 0.4) is 0 Å². The van der Waals surface area contributed by atoms with Gasteiger partial charge in [-0.05, 0) is 61.9 Å². The minimum absolute atomic E-state index is 0.0100. The van der Waals surface area contributed by atoms with Gasteiger partial charge in [-0.25, -0.2) is 17.5 Å². The minimum Gasteiger partial charge on any atom is -0.452 e. The number of carbonyl (C=O) groups excluding carboxylic acids is 2. The van der Waals surface area contributed by atoms with Crippen molar-refractivity contribution in [3.8, 4) is 5.69 Å². The Bertz CT molecular complexity index is 1240. The fourth-order valence-electron chi connectivity index (χ4n) is 3.38. The van der Waals surface area contributed by atoms with Gasteiger partial charge >= 0.3 is 5.97 Å². The van der Waals surface area contributed by atoms with E-state index in [1.165, 1.54) is 20.2 Å². The van der Waals surface area contributed by atoms with Gasteiger partial charge in [-0.3, -0.25) is 4.79 Å². The molecule has 0 bridgehead atoms. The van der Waals surface area contributed by atoms with Crippen LogP contribution >= 0.6 is 0 Å². The number of ether oxygens (including phenoxy) is 1. The van der Waals surface area contributed by atoms with Crippen molar-refractivity contribution in [1.82, 2.24) is 14.2 Å². The number of sulfonamides is 1. The Labute approximate surface area is 193 Å². The Morgan fingerprint density at radius 3 is 2.15 bits per heavy atom. The maximum Gasteiger partial charge on any atom is 0.338 e. The molecule has 1 amide bonds. The Balaban J connectivity index is 1.57. The first-order chi connectivity index (χ1) is 15.6. The topological polar surface area (TPSA) is 97.7 Å². The highest BCUT2D eigenvalue weighted by Gasteiger charge is 2.21. The third kappa shape index (κ3) is 5.50. The zero-order valence-electron chi connectivity index (χ0n) is 19.0. The summed E-state index contributed by atoms with van der Waals surface area (Å²) >= 11 is 0. The number of aromatic nitrogens is 1. The van der Waals surface area contributed by atoms with Crippen LogP contribution in [0, 0.1) is 13.8 Å². The lowest BCUT2D eigenvalue weighted by atomic mass is 10.2. The molecule has 1 N–H and O–H groups in total. The fourth-order valence-corrected chi connectivity index (χ4v) is 4.50. The molecule has 0 atom stereocenters. The molecular weight excluding hydrogens is 442 g/mol. The summed E-state index contributed by atoms with van der Waals surface area (Å²) in [7, 11) is -0.764. The molecule has 9 heteroatoms. The first-order valence-electron chi connectivity index (χ1n) is 10.3. The van der Waals surface area contributed by atoms with Crippen LogP contribution in [0.1, 0.15) is 27.3 Å². The fraction of sp³-hybridized carbons (Fsp3) is 0.250. The molecule has 0 unspecified atom stereocenters. The summed E-state index contributed by atoms with van der Waals surface area (Å²) in [6, 6.07) is 17.4. The molecule has 0 saturated heterocycles. The zero-order chi connectivity index (χ0) is 24.2. The average Bonchev–Trinajstić information content (AvgIpc) is 3.14. The molecule has 1 aromatic heterocycles. The van der Waals surface area contributed by atoms with Gasteiger partial charge in [-0.2, -0.15) is 0 Å². The van der Waals surface area contributed by atoms with E-state index in [0.717, 1.165) is 21.4 Å². The molecule has 0 aliphatic carbocycles. The molecule has 3 rings (SSSR count). The normalized spacial score (nSPS) is 11.4. The molecule has 2 aromatic carbocycles. The van der Waals surface area contributed by atoms with Crippen LogP contribution in [-0.2, 0) is 26.1 Å². The predicted octanol–water partition coefficient (Wildman–Crippen LogP) is 2.82. The molecule has 174 valence electrons. The van der Waals surface area contributed by atoms with Crippen molar-refractivity contribution < 1.29 is 22.7 Å². The Morgan fingerprint density at radius 1 is 0.939 bits per heavy atom. The van der Waals surface area contributed by atoms with Crippen molar-refractivity contribution in [2.75, 3.05) is 20.7 Å². The van der Waals surface area contributed by atoms with E-state index in [9.17, 15) is 18.0 Å². The molecule has 0 aliphatic rings.